The van der Waals surface area contributed by atoms with Gasteiger partial charge in [-0.3, -0.25) is 4.79 Å². The number of carbonyl (C=O) groups is 1. The van der Waals surface area contributed by atoms with Crippen LogP contribution in [0.1, 0.15) is 5.69 Å². The van der Waals surface area contributed by atoms with Gasteiger partial charge in [-0.2, -0.15) is 0 Å². The van der Waals surface area contributed by atoms with Crippen LogP contribution in [-0.2, 0) is 11.3 Å². The smallest absolute Gasteiger partial charge is 0.323 e. The Morgan fingerprint density at radius 2 is 2.19 bits per heavy atom. The average molecular weight is 219 g/mol. The number of benzene rings is 1. The second-order valence-corrected chi connectivity index (χ2v) is 3.69. The highest BCUT2D eigenvalue weighted by molar-refractivity contribution is 5.84. The van der Waals surface area contributed by atoms with Gasteiger partial charge in [-0.15, -0.1) is 0 Å². The summed E-state index contributed by atoms with van der Waals surface area (Å²) in [7, 11) is 1.60. The molecule has 0 spiro atoms. The maximum Gasteiger partial charge on any atom is 0.323 e. The molecule has 1 aromatic carbocycles. The van der Waals surface area contributed by atoms with E-state index in [1.165, 1.54) is 0 Å². The number of carboxylic acid groups (broad SMARTS) is 1. The van der Waals surface area contributed by atoms with E-state index < -0.39 is 5.97 Å². The summed E-state index contributed by atoms with van der Waals surface area (Å²) in [5.74, 6) is -0.111. The Hall–Kier alpha value is -1.97. The van der Waals surface area contributed by atoms with Gasteiger partial charge in [0.15, 0.2) is 0 Å². The normalized spacial score (nSPS) is 10.6. The number of nitrogens with zero attached hydrogens (tertiary/aromatic N) is 1. The molecule has 2 rings (SSSR count). The van der Waals surface area contributed by atoms with Crippen molar-refractivity contribution in [1.29, 1.82) is 0 Å². The van der Waals surface area contributed by atoms with Gasteiger partial charge in [-0.05, 0) is 25.1 Å². The van der Waals surface area contributed by atoms with E-state index in [4.69, 9.17) is 9.84 Å². The van der Waals surface area contributed by atoms with Crippen LogP contribution in [0.2, 0.25) is 0 Å². The lowest BCUT2D eigenvalue weighted by atomic mass is 10.2. The number of carboxylic acids is 1. The van der Waals surface area contributed by atoms with Crippen LogP contribution in [-0.4, -0.2) is 22.8 Å². The largest absolute Gasteiger partial charge is 0.497 e. The second kappa shape index (κ2) is 3.89. The van der Waals surface area contributed by atoms with Crippen molar-refractivity contribution in [3.63, 3.8) is 0 Å². The number of rotatable bonds is 3. The fraction of sp³-hybridized carbons (Fsp3) is 0.250. The molecule has 4 nitrogen and oxygen atoms in total. The Morgan fingerprint density at radius 1 is 1.44 bits per heavy atom. The van der Waals surface area contributed by atoms with Gasteiger partial charge in [-0.25, -0.2) is 0 Å². The van der Waals surface area contributed by atoms with Crippen LogP contribution < -0.4 is 4.74 Å². The third-order valence-electron chi connectivity index (χ3n) is 2.61. The van der Waals surface area contributed by atoms with Crippen molar-refractivity contribution in [1.82, 2.24) is 4.57 Å². The first-order valence-electron chi connectivity index (χ1n) is 4.97. The zero-order chi connectivity index (χ0) is 11.7. The quantitative estimate of drug-likeness (QED) is 0.859. The zero-order valence-corrected chi connectivity index (χ0v) is 9.23. The minimum absolute atomic E-state index is 0.0253. The molecule has 0 bridgehead atoms. The van der Waals surface area contributed by atoms with E-state index in [1.54, 1.807) is 11.7 Å². The number of methoxy groups -OCH3 is 1. The highest BCUT2D eigenvalue weighted by Crippen LogP contribution is 2.24. The van der Waals surface area contributed by atoms with Gasteiger partial charge in [0.2, 0.25) is 0 Å². The second-order valence-electron chi connectivity index (χ2n) is 3.69. The van der Waals surface area contributed by atoms with Gasteiger partial charge < -0.3 is 14.4 Å². The first kappa shape index (κ1) is 10.5. The molecule has 0 saturated heterocycles. The Labute approximate surface area is 93.1 Å². The molecule has 1 heterocycles. The zero-order valence-electron chi connectivity index (χ0n) is 9.23. The number of hydrogen-bond donors (Lipinski definition) is 1. The van der Waals surface area contributed by atoms with Gasteiger partial charge in [0.1, 0.15) is 12.3 Å². The molecule has 0 amide bonds. The first-order valence-corrected chi connectivity index (χ1v) is 4.97. The molecular weight excluding hydrogens is 206 g/mol. The van der Waals surface area contributed by atoms with Crippen LogP contribution in [0.15, 0.2) is 24.3 Å². The number of ether oxygens (including phenoxy) is 1. The molecule has 0 atom stereocenters. The molecule has 0 aliphatic rings. The maximum absolute atomic E-state index is 10.8. The van der Waals surface area contributed by atoms with E-state index in [0.29, 0.717) is 0 Å². The molecule has 0 fully saturated rings. The molecule has 0 radical (unpaired) electrons. The van der Waals surface area contributed by atoms with E-state index in [9.17, 15) is 4.79 Å². The highest BCUT2D eigenvalue weighted by Gasteiger charge is 2.09. The lowest BCUT2D eigenvalue weighted by Crippen LogP contribution is -2.09. The Morgan fingerprint density at radius 3 is 2.81 bits per heavy atom. The third-order valence-corrected chi connectivity index (χ3v) is 2.61. The van der Waals surface area contributed by atoms with Gasteiger partial charge in [-0.1, -0.05) is 0 Å². The van der Waals surface area contributed by atoms with Crippen LogP contribution in [0.4, 0.5) is 0 Å². The van der Waals surface area contributed by atoms with E-state index in [1.807, 2.05) is 31.2 Å². The summed E-state index contributed by atoms with van der Waals surface area (Å²) in [5, 5.41) is 9.87. The minimum atomic E-state index is -0.844. The Kier molecular flexibility index (Phi) is 2.56. The SMILES string of the molecule is COc1ccc2cc(C)n(CC(=O)O)c2c1. The molecule has 1 N–H and O–H groups in total. The van der Waals surface area contributed by atoms with Crippen molar-refractivity contribution in [2.24, 2.45) is 0 Å². The van der Waals surface area contributed by atoms with Crippen LogP contribution in [0.25, 0.3) is 10.9 Å². The van der Waals surface area contributed by atoms with E-state index in [-0.39, 0.29) is 6.54 Å². The van der Waals surface area contributed by atoms with Crippen molar-refractivity contribution in [3.05, 3.63) is 30.0 Å². The summed E-state index contributed by atoms with van der Waals surface area (Å²) in [5.41, 5.74) is 1.82. The molecule has 2 aromatic rings. The summed E-state index contributed by atoms with van der Waals surface area (Å²) in [6.45, 7) is 1.87. The van der Waals surface area contributed by atoms with Gasteiger partial charge in [0, 0.05) is 17.1 Å². The summed E-state index contributed by atoms with van der Waals surface area (Å²) in [6, 6.07) is 7.62. The number of aliphatic carboxylic acids is 1. The molecule has 0 unspecified atom stereocenters. The maximum atomic E-state index is 10.8. The number of aromatic nitrogens is 1. The first-order chi connectivity index (χ1) is 7.61. The number of fused-ring (bicyclic) bond motifs is 1. The van der Waals surface area contributed by atoms with Crippen LogP contribution in [0.3, 0.4) is 0 Å². The van der Waals surface area contributed by atoms with Crippen molar-refractivity contribution in [2.45, 2.75) is 13.5 Å². The number of aryl methyl sites for hydroxylation is 1. The minimum Gasteiger partial charge on any atom is -0.497 e. The van der Waals surface area contributed by atoms with Crippen molar-refractivity contribution in [3.8, 4) is 5.75 Å². The van der Waals surface area contributed by atoms with E-state index in [0.717, 1.165) is 22.3 Å². The number of hydrogen-bond acceptors (Lipinski definition) is 2. The van der Waals surface area contributed by atoms with Gasteiger partial charge in [0.25, 0.3) is 0 Å². The summed E-state index contributed by atoms with van der Waals surface area (Å²) >= 11 is 0. The van der Waals surface area contributed by atoms with Gasteiger partial charge >= 0.3 is 5.97 Å². The highest BCUT2D eigenvalue weighted by atomic mass is 16.5. The molecular formula is C12H13NO3. The lowest BCUT2D eigenvalue weighted by molar-refractivity contribution is -0.137. The Balaban J connectivity index is 2.61. The summed E-state index contributed by atoms with van der Waals surface area (Å²) < 4.78 is 6.89. The molecule has 1 aromatic heterocycles. The predicted octanol–water partition coefficient (Wildman–Crippen LogP) is 2.04. The van der Waals surface area contributed by atoms with E-state index in [2.05, 4.69) is 0 Å². The van der Waals surface area contributed by atoms with E-state index >= 15 is 0 Å². The van der Waals surface area contributed by atoms with Crippen molar-refractivity contribution >= 4 is 16.9 Å². The molecule has 0 aliphatic carbocycles. The fourth-order valence-electron chi connectivity index (χ4n) is 1.84. The fourth-order valence-corrected chi connectivity index (χ4v) is 1.84. The standard InChI is InChI=1S/C12H13NO3/c1-8-5-9-3-4-10(16-2)6-11(9)13(8)7-12(14)15/h3-6H,7H2,1-2H3,(H,14,15). The molecule has 84 valence electrons. The molecule has 16 heavy (non-hydrogen) atoms. The van der Waals surface area contributed by atoms with Crippen LogP contribution in [0.5, 0.6) is 5.75 Å². The lowest BCUT2D eigenvalue weighted by Gasteiger charge is -2.05. The summed E-state index contributed by atoms with van der Waals surface area (Å²) in [4.78, 5) is 10.8. The molecule has 0 saturated carbocycles. The van der Waals surface area contributed by atoms with Gasteiger partial charge in [0.05, 0.1) is 12.6 Å². The topological polar surface area (TPSA) is 51.5 Å². The predicted molar refractivity (Wildman–Crippen MR) is 60.9 cm³/mol. The van der Waals surface area contributed by atoms with Crippen LogP contribution >= 0.6 is 0 Å². The van der Waals surface area contributed by atoms with Crippen LogP contribution in [0, 0.1) is 6.92 Å². The van der Waals surface area contributed by atoms with Crippen molar-refractivity contribution < 1.29 is 14.6 Å². The molecule has 0 aliphatic heterocycles. The molecule has 4 heteroatoms. The third kappa shape index (κ3) is 1.74. The van der Waals surface area contributed by atoms with Crippen molar-refractivity contribution in [2.75, 3.05) is 7.11 Å². The Bertz CT molecular complexity index is 542. The summed E-state index contributed by atoms with van der Waals surface area (Å²) in [6.07, 6.45) is 0. The monoisotopic (exact) mass is 219 g/mol. The average Bonchev–Trinajstić information content (AvgIpc) is 2.54.